The maximum Gasteiger partial charge on any atom is 0.0700 e. The third kappa shape index (κ3) is 4.94. The SMILES string of the molecule is COCCOCCCNC1CC(C)C1. The average molecular weight is 201 g/mol. The van der Waals surface area contributed by atoms with Crippen molar-refractivity contribution < 1.29 is 9.47 Å². The van der Waals surface area contributed by atoms with Gasteiger partial charge in [-0.1, -0.05) is 6.92 Å². The fourth-order valence-electron chi connectivity index (χ4n) is 1.79. The van der Waals surface area contributed by atoms with Crippen LogP contribution in [0.3, 0.4) is 0 Å². The highest BCUT2D eigenvalue weighted by Crippen LogP contribution is 2.25. The van der Waals surface area contributed by atoms with Gasteiger partial charge < -0.3 is 14.8 Å². The Morgan fingerprint density at radius 3 is 2.64 bits per heavy atom. The molecule has 0 aliphatic heterocycles. The molecule has 14 heavy (non-hydrogen) atoms. The van der Waals surface area contributed by atoms with Gasteiger partial charge in [0.2, 0.25) is 0 Å². The molecule has 0 atom stereocenters. The van der Waals surface area contributed by atoms with E-state index < -0.39 is 0 Å². The van der Waals surface area contributed by atoms with E-state index in [9.17, 15) is 0 Å². The van der Waals surface area contributed by atoms with E-state index in [1.165, 1.54) is 12.8 Å². The van der Waals surface area contributed by atoms with E-state index in [4.69, 9.17) is 9.47 Å². The number of hydrogen-bond donors (Lipinski definition) is 1. The van der Waals surface area contributed by atoms with Crippen molar-refractivity contribution in [3.8, 4) is 0 Å². The van der Waals surface area contributed by atoms with Crippen molar-refractivity contribution in [3.05, 3.63) is 0 Å². The molecule has 1 aliphatic carbocycles. The highest BCUT2D eigenvalue weighted by atomic mass is 16.5. The molecule has 1 N–H and O–H groups in total. The summed E-state index contributed by atoms with van der Waals surface area (Å²) < 4.78 is 10.2. The van der Waals surface area contributed by atoms with Gasteiger partial charge in [-0.25, -0.2) is 0 Å². The Morgan fingerprint density at radius 1 is 1.21 bits per heavy atom. The van der Waals surface area contributed by atoms with Crippen molar-refractivity contribution in [1.82, 2.24) is 5.32 Å². The average Bonchev–Trinajstić information content (AvgIpc) is 2.13. The lowest BCUT2D eigenvalue weighted by Gasteiger charge is -2.33. The highest BCUT2D eigenvalue weighted by molar-refractivity contribution is 4.81. The third-order valence-corrected chi connectivity index (χ3v) is 2.70. The first-order valence-corrected chi connectivity index (χ1v) is 5.63. The molecule has 0 heterocycles. The summed E-state index contributed by atoms with van der Waals surface area (Å²) >= 11 is 0. The van der Waals surface area contributed by atoms with Gasteiger partial charge in [-0.3, -0.25) is 0 Å². The Bertz CT molecular complexity index is 135. The summed E-state index contributed by atoms with van der Waals surface area (Å²) in [6, 6.07) is 0.781. The van der Waals surface area contributed by atoms with Crippen molar-refractivity contribution in [3.63, 3.8) is 0 Å². The minimum atomic E-state index is 0.702. The smallest absolute Gasteiger partial charge is 0.0700 e. The van der Waals surface area contributed by atoms with Crippen LogP contribution in [0.2, 0.25) is 0 Å². The molecule has 1 rings (SSSR count). The molecule has 0 saturated heterocycles. The molecular formula is C11H23NO2. The molecule has 0 aromatic carbocycles. The Kier molecular flexibility index (Phi) is 6.15. The van der Waals surface area contributed by atoms with Crippen molar-refractivity contribution in [2.75, 3.05) is 33.5 Å². The van der Waals surface area contributed by atoms with Crippen molar-refractivity contribution in [2.45, 2.75) is 32.2 Å². The first-order chi connectivity index (χ1) is 6.83. The maximum absolute atomic E-state index is 5.36. The summed E-state index contributed by atoms with van der Waals surface area (Å²) in [7, 11) is 1.70. The van der Waals surface area contributed by atoms with Crippen LogP contribution < -0.4 is 5.32 Å². The second kappa shape index (κ2) is 7.21. The van der Waals surface area contributed by atoms with Gasteiger partial charge in [-0.2, -0.15) is 0 Å². The Balaban J connectivity index is 1.72. The monoisotopic (exact) mass is 201 g/mol. The first kappa shape index (κ1) is 12.0. The van der Waals surface area contributed by atoms with Crippen molar-refractivity contribution in [1.29, 1.82) is 0 Å². The molecule has 0 spiro atoms. The minimum absolute atomic E-state index is 0.702. The number of rotatable bonds is 8. The molecule has 0 unspecified atom stereocenters. The lowest BCUT2D eigenvalue weighted by molar-refractivity contribution is 0.0686. The van der Waals surface area contributed by atoms with E-state index >= 15 is 0 Å². The topological polar surface area (TPSA) is 30.5 Å². The second-order valence-electron chi connectivity index (χ2n) is 4.19. The molecule has 3 heteroatoms. The van der Waals surface area contributed by atoms with Crippen LogP contribution in [0.15, 0.2) is 0 Å². The standard InChI is InChI=1S/C11H23NO2/c1-10-8-11(9-10)12-4-3-5-14-7-6-13-2/h10-12H,3-9H2,1-2H3. The Hall–Kier alpha value is -0.120. The van der Waals surface area contributed by atoms with E-state index in [0.717, 1.165) is 38.1 Å². The summed E-state index contributed by atoms with van der Waals surface area (Å²) in [6.07, 6.45) is 3.81. The van der Waals surface area contributed by atoms with Gasteiger partial charge >= 0.3 is 0 Å². The minimum Gasteiger partial charge on any atom is -0.382 e. The molecule has 84 valence electrons. The van der Waals surface area contributed by atoms with Gasteiger partial charge in [0.25, 0.3) is 0 Å². The van der Waals surface area contributed by atoms with Gasteiger partial charge in [0.1, 0.15) is 0 Å². The normalized spacial score (nSPS) is 26.1. The lowest BCUT2D eigenvalue weighted by atomic mass is 9.82. The van der Waals surface area contributed by atoms with E-state index in [1.54, 1.807) is 7.11 Å². The Labute approximate surface area is 87.2 Å². The predicted octanol–water partition coefficient (Wildman–Crippen LogP) is 1.43. The van der Waals surface area contributed by atoms with E-state index in [1.807, 2.05) is 0 Å². The molecule has 0 radical (unpaired) electrons. The number of hydrogen-bond acceptors (Lipinski definition) is 3. The third-order valence-electron chi connectivity index (χ3n) is 2.70. The number of methoxy groups -OCH3 is 1. The fourth-order valence-corrected chi connectivity index (χ4v) is 1.79. The molecule has 0 aromatic heterocycles. The zero-order valence-corrected chi connectivity index (χ0v) is 9.42. The molecular weight excluding hydrogens is 178 g/mol. The van der Waals surface area contributed by atoms with Crippen LogP contribution in [0.25, 0.3) is 0 Å². The van der Waals surface area contributed by atoms with Crippen LogP contribution in [0, 0.1) is 5.92 Å². The lowest BCUT2D eigenvalue weighted by Crippen LogP contribution is -2.40. The van der Waals surface area contributed by atoms with Gasteiger partial charge in [0.15, 0.2) is 0 Å². The molecule has 0 bridgehead atoms. The highest BCUT2D eigenvalue weighted by Gasteiger charge is 2.23. The summed E-state index contributed by atoms with van der Waals surface area (Å²) in [6.45, 7) is 5.67. The van der Waals surface area contributed by atoms with Crippen LogP contribution >= 0.6 is 0 Å². The quantitative estimate of drug-likeness (QED) is 0.603. The number of nitrogens with one attached hydrogen (secondary N) is 1. The van der Waals surface area contributed by atoms with Crippen molar-refractivity contribution >= 4 is 0 Å². The van der Waals surface area contributed by atoms with Gasteiger partial charge in [-0.05, 0) is 31.7 Å². The zero-order chi connectivity index (χ0) is 10.2. The predicted molar refractivity (Wildman–Crippen MR) is 57.5 cm³/mol. The summed E-state index contributed by atoms with van der Waals surface area (Å²) in [5, 5.41) is 3.53. The largest absolute Gasteiger partial charge is 0.382 e. The Morgan fingerprint density at radius 2 is 2.00 bits per heavy atom. The van der Waals surface area contributed by atoms with Crippen LogP contribution in [-0.2, 0) is 9.47 Å². The summed E-state index contributed by atoms with van der Waals surface area (Å²) in [4.78, 5) is 0. The maximum atomic E-state index is 5.36. The van der Waals surface area contributed by atoms with E-state index in [0.29, 0.717) is 6.61 Å². The first-order valence-electron chi connectivity index (χ1n) is 5.63. The molecule has 0 amide bonds. The summed E-state index contributed by atoms with van der Waals surface area (Å²) in [5.74, 6) is 0.936. The van der Waals surface area contributed by atoms with Crippen LogP contribution in [0.5, 0.6) is 0 Å². The number of ether oxygens (including phenoxy) is 2. The fraction of sp³-hybridized carbons (Fsp3) is 1.00. The van der Waals surface area contributed by atoms with Crippen LogP contribution in [-0.4, -0.2) is 39.5 Å². The van der Waals surface area contributed by atoms with E-state index in [-0.39, 0.29) is 0 Å². The van der Waals surface area contributed by atoms with Crippen LogP contribution in [0.1, 0.15) is 26.2 Å². The van der Waals surface area contributed by atoms with E-state index in [2.05, 4.69) is 12.2 Å². The zero-order valence-electron chi connectivity index (χ0n) is 9.42. The molecule has 0 aromatic rings. The second-order valence-corrected chi connectivity index (χ2v) is 4.19. The molecule has 1 aliphatic rings. The summed E-state index contributed by atoms with van der Waals surface area (Å²) in [5.41, 5.74) is 0. The van der Waals surface area contributed by atoms with Gasteiger partial charge in [-0.15, -0.1) is 0 Å². The van der Waals surface area contributed by atoms with Crippen molar-refractivity contribution in [2.24, 2.45) is 5.92 Å². The molecule has 3 nitrogen and oxygen atoms in total. The van der Waals surface area contributed by atoms with Gasteiger partial charge in [0.05, 0.1) is 13.2 Å². The van der Waals surface area contributed by atoms with Crippen LogP contribution in [0.4, 0.5) is 0 Å². The van der Waals surface area contributed by atoms with Gasteiger partial charge in [0, 0.05) is 19.8 Å². The molecule has 1 saturated carbocycles. The molecule has 1 fully saturated rings.